The molecule has 7 heteroatoms. The van der Waals surface area contributed by atoms with Crippen molar-refractivity contribution in [3.05, 3.63) is 23.8 Å². The first-order valence-corrected chi connectivity index (χ1v) is 8.53. The molecule has 0 aliphatic heterocycles. The molecule has 0 atom stereocenters. The second-order valence-corrected chi connectivity index (χ2v) is 7.06. The second kappa shape index (κ2) is 7.15. The molecule has 1 aromatic carbocycles. The van der Waals surface area contributed by atoms with E-state index in [2.05, 4.69) is 6.92 Å². The lowest BCUT2D eigenvalue weighted by Crippen LogP contribution is -2.12. The van der Waals surface area contributed by atoms with Gasteiger partial charge in [-0.2, -0.15) is 13.2 Å². The van der Waals surface area contributed by atoms with Crippen LogP contribution in [0.2, 0.25) is 0 Å². The van der Waals surface area contributed by atoms with Gasteiger partial charge in [-0.15, -0.1) is 0 Å². The van der Waals surface area contributed by atoms with Gasteiger partial charge in [0.25, 0.3) is 0 Å². The smallest absolute Gasteiger partial charge is 0.398 e. The topological polar surface area (TPSA) is 60.2 Å². The lowest BCUT2D eigenvalue weighted by atomic mass is 10.2. The van der Waals surface area contributed by atoms with Gasteiger partial charge < -0.3 is 5.73 Å². The molecule has 1 rings (SSSR count). The molecule has 0 saturated carbocycles. The lowest BCUT2D eigenvalue weighted by Gasteiger charge is -2.11. The average Bonchev–Trinajstić information content (AvgIpc) is 2.37. The van der Waals surface area contributed by atoms with Crippen LogP contribution in [0.25, 0.3) is 0 Å². The Morgan fingerprint density at radius 1 is 1.10 bits per heavy atom. The highest BCUT2D eigenvalue weighted by molar-refractivity contribution is 7.91. The van der Waals surface area contributed by atoms with Crippen molar-refractivity contribution >= 4 is 15.5 Å². The first-order valence-electron chi connectivity index (χ1n) is 6.88. The summed E-state index contributed by atoms with van der Waals surface area (Å²) in [4.78, 5) is -0.217. The lowest BCUT2D eigenvalue weighted by molar-refractivity contribution is -0.137. The molecule has 3 nitrogen and oxygen atoms in total. The number of unbranched alkanes of at least 4 members (excludes halogenated alkanes) is 4. The third-order valence-electron chi connectivity index (χ3n) is 3.19. The summed E-state index contributed by atoms with van der Waals surface area (Å²) in [5.41, 5.74) is 4.19. The molecular weight excluding hydrogens is 303 g/mol. The maximum absolute atomic E-state index is 12.5. The maximum atomic E-state index is 12.5. The van der Waals surface area contributed by atoms with E-state index in [1.165, 1.54) is 0 Å². The molecule has 0 aliphatic carbocycles. The van der Waals surface area contributed by atoms with E-state index < -0.39 is 21.6 Å². The number of nitrogen functional groups attached to an aromatic ring is 1. The Bertz CT molecular complexity index is 568. The predicted molar refractivity (Wildman–Crippen MR) is 76.7 cm³/mol. The van der Waals surface area contributed by atoms with Crippen molar-refractivity contribution in [3.8, 4) is 0 Å². The van der Waals surface area contributed by atoms with Crippen molar-refractivity contribution in [2.75, 3.05) is 11.5 Å². The summed E-state index contributed by atoms with van der Waals surface area (Å²) in [7, 11) is -3.63. The van der Waals surface area contributed by atoms with E-state index in [0.717, 1.165) is 37.8 Å². The van der Waals surface area contributed by atoms with Crippen LogP contribution < -0.4 is 5.73 Å². The summed E-state index contributed by atoms with van der Waals surface area (Å²) in [5, 5.41) is 0. The van der Waals surface area contributed by atoms with Gasteiger partial charge in [0, 0.05) is 0 Å². The van der Waals surface area contributed by atoms with Gasteiger partial charge in [0.2, 0.25) is 0 Å². The van der Waals surface area contributed by atoms with Gasteiger partial charge >= 0.3 is 6.18 Å². The monoisotopic (exact) mass is 323 g/mol. The van der Waals surface area contributed by atoms with E-state index in [1.54, 1.807) is 0 Å². The SMILES string of the molecule is CCCCCCCS(=O)(=O)c1ccc(C(F)(F)F)cc1N. The Morgan fingerprint density at radius 3 is 2.24 bits per heavy atom. The van der Waals surface area contributed by atoms with Crippen molar-refractivity contribution < 1.29 is 21.6 Å². The minimum atomic E-state index is -4.53. The fourth-order valence-corrected chi connectivity index (χ4v) is 3.51. The Hall–Kier alpha value is -1.24. The van der Waals surface area contributed by atoms with Crippen molar-refractivity contribution in [2.24, 2.45) is 0 Å². The molecule has 0 heterocycles. The molecule has 0 amide bonds. The van der Waals surface area contributed by atoms with Gasteiger partial charge in [0.1, 0.15) is 0 Å². The van der Waals surface area contributed by atoms with Crippen LogP contribution in [-0.4, -0.2) is 14.2 Å². The molecule has 120 valence electrons. The second-order valence-electron chi connectivity index (χ2n) is 4.98. The number of hydrogen-bond acceptors (Lipinski definition) is 3. The largest absolute Gasteiger partial charge is 0.416 e. The molecule has 0 unspecified atom stereocenters. The van der Waals surface area contributed by atoms with Crippen LogP contribution >= 0.6 is 0 Å². The standard InChI is InChI=1S/C14H20F3NO2S/c1-2-3-4-5-6-9-21(19,20)13-8-7-11(10-12(13)18)14(15,16)17/h7-8,10H,2-6,9,18H2,1H3. The Labute approximate surface area is 123 Å². The number of benzene rings is 1. The van der Waals surface area contributed by atoms with Gasteiger partial charge in [-0.1, -0.05) is 32.6 Å². The van der Waals surface area contributed by atoms with Crippen LogP contribution in [-0.2, 0) is 16.0 Å². The summed E-state index contributed by atoms with van der Waals surface area (Å²) < 4.78 is 61.7. The van der Waals surface area contributed by atoms with Crippen LogP contribution in [0.5, 0.6) is 0 Å². The minimum absolute atomic E-state index is 0.0910. The molecule has 0 radical (unpaired) electrons. The molecule has 0 spiro atoms. The van der Waals surface area contributed by atoms with Crippen LogP contribution in [0.15, 0.2) is 23.1 Å². The quantitative estimate of drug-likeness (QED) is 0.609. The number of hydrogen-bond donors (Lipinski definition) is 1. The van der Waals surface area contributed by atoms with Gasteiger partial charge in [0.15, 0.2) is 9.84 Å². The highest BCUT2D eigenvalue weighted by Crippen LogP contribution is 2.32. The van der Waals surface area contributed by atoms with Gasteiger partial charge in [-0.05, 0) is 24.6 Å². The summed E-state index contributed by atoms with van der Waals surface area (Å²) in [6.45, 7) is 2.06. The van der Waals surface area contributed by atoms with Crippen LogP contribution in [0, 0.1) is 0 Å². The van der Waals surface area contributed by atoms with Gasteiger partial charge in [-0.3, -0.25) is 0 Å². The molecule has 0 aliphatic rings. The molecule has 21 heavy (non-hydrogen) atoms. The highest BCUT2D eigenvalue weighted by Gasteiger charge is 2.31. The van der Waals surface area contributed by atoms with Crippen LogP contribution in [0.1, 0.15) is 44.6 Å². The third-order valence-corrected chi connectivity index (χ3v) is 5.06. The molecule has 1 aromatic rings. The van der Waals surface area contributed by atoms with Crippen molar-refractivity contribution in [2.45, 2.75) is 50.1 Å². The van der Waals surface area contributed by atoms with Crippen LogP contribution in [0.3, 0.4) is 0 Å². The minimum Gasteiger partial charge on any atom is -0.398 e. The van der Waals surface area contributed by atoms with Gasteiger partial charge in [-0.25, -0.2) is 8.42 Å². The fraction of sp³-hybridized carbons (Fsp3) is 0.571. The molecule has 0 bridgehead atoms. The summed E-state index contributed by atoms with van der Waals surface area (Å²) in [6.07, 6.45) is -0.206. The number of halogens is 3. The van der Waals surface area contributed by atoms with Crippen molar-refractivity contribution in [1.82, 2.24) is 0 Å². The van der Waals surface area contributed by atoms with Gasteiger partial charge in [0.05, 0.1) is 21.9 Å². The van der Waals surface area contributed by atoms with E-state index in [4.69, 9.17) is 5.73 Å². The number of sulfone groups is 1. The van der Waals surface area contributed by atoms with Crippen molar-refractivity contribution in [1.29, 1.82) is 0 Å². The van der Waals surface area contributed by atoms with E-state index >= 15 is 0 Å². The average molecular weight is 323 g/mol. The van der Waals surface area contributed by atoms with E-state index in [1.807, 2.05) is 0 Å². The fourth-order valence-electron chi connectivity index (χ4n) is 2.01. The zero-order chi connectivity index (χ0) is 16.1. The number of rotatable bonds is 7. The first kappa shape index (κ1) is 17.8. The molecular formula is C14H20F3NO2S. The molecule has 2 N–H and O–H groups in total. The zero-order valence-electron chi connectivity index (χ0n) is 11.9. The highest BCUT2D eigenvalue weighted by atomic mass is 32.2. The number of nitrogens with two attached hydrogens (primary N) is 1. The normalized spacial score (nSPS) is 12.6. The van der Waals surface area contributed by atoms with E-state index in [-0.39, 0.29) is 16.3 Å². The molecule has 0 saturated heterocycles. The zero-order valence-corrected chi connectivity index (χ0v) is 12.7. The summed E-state index contributed by atoms with van der Waals surface area (Å²) >= 11 is 0. The number of anilines is 1. The maximum Gasteiger partial charge on any atom is 0.416 e. The Balaban J connectivity index is 2.80. The summed E-state index contributed by atoms with van der Waals surface area (Å²) in [5.74, 6) is -0.0910. The third kappa shape index (κ3) is 5.22. The predicted octanol–water partition coefficient (Wildman–Crippen LogP) is 4.03. The summed E-state index contributed by atoms with van der Waals surface area (Å²) in [6, 6.07) is 2.36. The molecule has 0 fully saturated rings. The Kier molecular flexibility index (Phi) is 6.07. The van der Waals surface area contributed by atoms with Crippen LogP contribution in [0.4, 0.5) is 18.9 Å². The van der Waals surface area contributed by atoms with Crippen molar-refractivity contribution in [3.63, 3.8) is 0 Å². The first-order chi connectivity index (χ1) is 9.68. The Morgan fingerprint density at radius 2 is 1.71 bits per heavy atom. The van der Waals surface area contributed by atoms with E-state index in [0.29, 0.717) is 12.5 Å². The number of alkyl halides is 3. The molecule has 0 aromatic heterocycles. The van der Waals surface area contributed by atoms with E-state index in [9.17, 15) is 21.6 Å².